The van der Waals surface area contributed by atoms with Gasteiger partial charge >= 0.3 is 0 Å². The molecule has 4 aromatic carbocycles. The largest absolute Gasteiger partial charge is 0.392 e. The topological polar surface area (TPSA) is 100 Å². The molecule has 9 heteroatoms. The molecule has 2 saturated heterocycles. The zero-order valence-electron chi connectivity index (χ0n) is 27.1. The summed E-state index contributed by atoms with van der Waals surface area (Å²) in [4.78, 5) is 27.1. The number of aliphatic hydroxyl groups excluding tert-OH is 1. The number of rotatable bonds is 9. The van der Waals surface area contributed by atoms with E-state index in [1.807, 2.05) is 72.8 Å². The summed E-state index contributed by atoms with van der Waals surface area (Å²) < 4.78 is 13.4. The summed E-state index contributed by atoms with van der Waals surface area (Å²) in [5.41, 5.74) is 6.33. The molecular formula is C39H41N5O4. The Morgan fingerprint density at radius 3 is 2.31 bits per heavy atom. The van der Waals surface area contributed by atoms with E-state index < -0.39 is 6.29 Å². The van der Waals surface area contributed by atoms with Crippen LogP contribution in [0.4, 0.5) is 5.69 Å². The van der Waals surface area contributed by atoms with Crippen molar-refractivity contribution in [1.82, 2.24) is 19.8 Å². The molecule has 9 nitrogen and oxygen atoms in total. The lowest BCUT2D eigenvalue weighted by molar-refractivity contribution is -0.276. The maximum Gasteiger partial charge on any atom is 0.275 e. The van der Waals surface area contributed by atoms with Crippen molar-refractivity contribution in [3.05, 3.63) is 137 Å². The number of piperazine rings is 1. The molecule has 1 amide bonds. The first-order chi connectivity index (χ1) is 23.5. The first-order valence-corrected chi connectivity index (χ1v) is 16.6. The Hall–Kier alpha value is -4.51. The van der Waals surface area contributed by atoms with Crippen molar-refractivity contribution in [2.24, 2.45) is 5.92 Å². The van der Waals surface area contributed by atoms with Gasteiger partial charge in [-0.1, -0.05) is 85.8 Å². The van der Waals surface area contributed by atoms with Crippen molar-refractivity contribution in [3.8, 4) is 0 Å². The first-order valence-electron chi connectivity index (χ1n) is 16.6. The Bertz CT molecular complexity index is 1830. The fraction of sp³-hybridized carbons (Fsp3) is 0.308. The molecule has 48 heavy (non-hydrogen) atoms. The SMILES string of the molecule is C[C@@H]1[C@H](CN2CCN(Cc3ccccc3)CC2)O[C@H](c2cccc(NC(=O)c3cnc4ccccc4n3)c2)O[C@@H]1c1ccc(CO)cc1. The van der Waals surface area contributed by atoms with Crippen LogP contribution in [-0.2, 0) is 22.6 Å². The lowest BCUT2D eigenvalue weighted by atomic mass is 9.90. The number of carbonyl (C=O) groups excluding carboxylic acids is 1. The van der Waals surface area contributed by atoms with Crippen LogP contribution in [0.1, 0.15) is 52.1 Å². The van der Waals surface area contributed by atoms with Gasteiger partial charge in [-0.2, -0.15) is 0 Å². The number of hydrogen-bond donors (Lipinski definition) is 2. The molecule has 0 saturated carbocycles. The number of carbonyl (C=O) groups is 1. The van der Waals surface area contributed by atoms with Gasteiger partial charge in [-0.15, -0.1) is 0 Å². The van der Waals surface area contributed by atoms with Crippen LogP contribution in [0.3, 0.4) is 0 Å². The molecule has 0 spiro atoms. The second kappa shape index (κ2) is 14.7. The van der Waals surface area contributed by atoms with Crippen molar-refractivity contribution in [2.75, 3.05) is 38.0 Å². The second-order valence-corrected chi connectivity index (χ2v) is 12.7. The molecule has 4 atom stereocenters. The summed E-state index contributed by atoms with van der Waals surface area (Å²) in [6.07, 6.45) is 0.560. The van der Waals surface area contributed by atoms with Crippen molar-refractivity contribution in [3.63, 3.8) is 0 Å². The minimum Gasteiger partial charge on any atom is -0.392 e. The van der Waals surface area contributed by atoms with Gasteiger partial charge in [0.05, 0.1) is 36.0 Å². The molecule has 0 unspecified atom stereocenters. The third kappa shape index (κ3) is 7.46. The van der Waals surface area contributed by atoms with E-state index in [9.17, 15) is 9.90 Å². The summed E-state index contributed by atoms with van der Waals surface area (Å²) in [6.45, 7) is 7.90. The molecule has 246 valence electrons. The van der Waals surface area contributed by atoms with Crippen LogP contribution >= 0.6 is 0 Å². The van der Waals surface area contributed by atoms with Crippen molar-refractivity contribution in [1.29, 1.82) is 0 Å². The van der Waals surface area contributed by atoms with E-state index >= 15 is 0 Å². The van der Waals surface area contributed by atoms with Crippen LogP contribution < -0.4 is 5.32 Å². The van der Waals surface area contributed by atoms with Gasteiger partial charge < -0.3 is 19.9 Å². The molecule has 2 fully saturated rings. The first kappa shape index (κ1) is 32.1. The quantitative estimate of drug-likeness (QED) is 0.202. The monoisotopic (exact) mass is 643 g/mol. The van der Waals surface area contributed by atoms with Crippen molar-refractivity contribution < 1.29 is 19.4 Å². The van der Waals surface area contributed by atoms with Crippen molar-refractivity contribution >= 4 is 22.6 Å². The lowest BCUT2D eigenvalue weighted by Crippen LogP contribution is -2.51. The molecule has 1 aromatic heterocycles. The number of ether oxygens (including phenoxy) is 2. The van der Waals surface area contributed by atoms with Crippen LogP contribution in [-0.4, -0.2) is 69.6 Å². The van der Waals surface area contributed by atoms with Gasteiger partial charge in [0.25, 0.3) is 5.91 Å². The lowest BCUT2D eigenvalue weighted by Gasteiger charge is -2.44. The molecule has 2 N–H and O–H groups in total. The van der Waals surface area contributed by atoms with Gasteiger partial charge in [-0.3, -0.25) is 19.6 Å². The molecule has 3 heterocycles. The summed E-state index contributed by atoms with van der Waals surface area (Å²) in [6, 6.07) is 33.7. The Kier molecular flexibility index (Phi) is 9.83. The molecule has 2 aliphatic heterocycles. The van der Waals surface area contributed by atoms with Gasteiger partial charge in [0, 0.05) is 56.4 Å². The zero-order chi connectivity index (χ0) is 32.9. The van der Waals surface area contributed by atoms with Crippen molar-refractivity contribution in [2.45, 2.75) is 38.6 Å². The number of aliphatic hydroxyl groups is 1. The predicted octanol–water partition coefficient (Wildman–Crippen LogP) is 5.98. The smallest absolute Gasteiger partial charge is 0.275 e. The third-order valence-corrected chi connectivity index (χ3v) is 9.37. The zero-order valence-corrected chi connectivity index (χ0v) is 27.1. The summed E-state index contributed by atoms with van der Waals surface area (Å²) in [7, 11) is 0. The highest BCUT2D eigenvalue weighted by atomic mass is 16.7. The Morgan fingerprint density at radius 1 is 0.812 bits per heavy atom. The van der Waals surface area contributed by atoms with E-state index in [2.05, 4.69) is 62.3 Å². The number of nitrogens with zero attached hydrogens (tertiary/aromatic N) is 4. The fourth-order valence-corrected chi connectivity index (χ4v) is 6.58. The number of amides is 1. The van der Waals surface area contributed by atoms with E-state index in [0.717, 1.165) is 61.5 Å². The van der Waals surface area contributed by atoms with E-state index in [0.29, 0.717) is 11.2 Å². The van der Waals surface area contributed by atoms with Crippen LogP contribution in [0, 0.1) is 5.92 Å². The highest BCUT2D eigenvalue weighted by Crippen LogP contribution is 2.42. The highest BCUT2D eigenvalue weighted by Gasteiger charge is 2.39. The van der Waals surface area contributed by atoms with E-state index in [-0.39, 0.29) is 36.3 Å². The van der Waals surface area contributed by atoms with Gasteiger partial charge in [0.1, 0.15) is 5.69 Å². The van der Waals surface area contributed by atoms with Gasteiger partial charge in [-0.25, -0.2) is 4.98 Å². The highest BCUT2D eigenvalue weighted by molar-refractivity contribution is 6.03. The minimum absolute atomic E-state index is 0.00469. The van der Waals surface area contributed by atoms with Gasteiger partial charge in [0.15, 0.2) is 6.29 Å². The average molecular weight is 644 g/mol. The number of nitrogens with one attached hydrogen (secondary N) is 1. The second-order valence-electron chi connectivity index (χ2n) is 12.7. The molecule has 0 aliphatic carbocycles. The summed E-state index contributed by atoms with van der Waals surface area (Å²) in [5.74, 6) is -0.256. The number of aromatic nitrogens is 2. The fourth-order valence-electron chi connectivity index (χ4n) is 6.58. The van der Waals surface area contributed by atoms with E-state index in [1.54, 1.807) is 0 Å². The molecular weight excluding hydrogens is 602 g/mol. The number of fused-ring (bicyclic) bond motifs is 1. The molecule has 0 bridgehead atoms. The summed E-state index contributed by atoms with van der Waals surface area (Å²) in [5, 5.41) is 12.6. The van der Waals surface area contributed by atoms with Gasteiger partial charge in [0.2, 0.25) is 0 Å². The Labute approximate surface area is 281 Å². The van der Waals surface area contributed by atoms with E-state index in [1.165, 1.54) is 11.8 Å². The molecule has 7 rings (SSSR count). The molecule has 2 aliphatic rings. The molecule has 5 aromatic rings. The standard InChI is InChI=1S/C39H41N5O4/c1-27-36(25-44-20-18-43(19-21-44)24-28-8-3-2-4-9-28)47-39(48-37(27)30-16-14-29(26-45)15-17-30)31-10-7-11-32(22-31)41-38(46)35-23-40-33-12-5-6-13-34(33)42-35/h2-17,22-23,27,36-37,39,45H,18-21,24-26H2,1H3,(H,41,46)/t27-,36+,37+,39+/m1/s1. The van der Waals surface area contributed by atoms with Crippen LogP contribution in [0.25, 0.3) is 11.0 Å². The number of benzene rings is 4. The van der Waals surface area contributed by atoms with Crippen LogP contribution in [0.15, 0.2) is 109 Å². The average Bonchev–Trinajstić information content (AvgIpc) is 3.13. The Balaban J connectivity index is 1.07. The maximum atomic E-state index is 13.2. The summed E-state index contributed by atoms with van der Waals surface area (Å²) >= 11 is 0. The van der Waals surface area contributed by atoms with E-state index in [4.69, 9.17) is 9.47 Å². The third-order valence-electron chi connectivity index (χ3n) is 9.37. The predicted molar refractivity (Wildman–Crippen MR) is 185 cm³/mol. The van der Waals surface area contributed by atoms with Crippen LogP contribution in [0.2, 0.25) is 0 Å². The number of anilines is 1. The van der Waals surface area contributed by atoms with Crippen LogP contribution in [0.5, 0.6) is 0 Å². The normalized spacial score (nSPS) is 22.0. The number of hydrogen-bond acceptors (Lipinski definition) is 8. The Morgan fingerprint density at radius 2 is 1.54 bits per heavy atom. The maximum absolute atomic E-state index is 13.2. The minimum atomic E-state index is -0.634. The number of para-hydroxylation sites is 2. The van der Waals surface area contributed by atoms with Gasteiger partial charge in [-0.05, 0) is 41.0 Å². The molecule has 0 radical (unpaired) electrons.